The van der Waals surface area contributed by atoms with Gasteiger partial charge in [0.15, 0.2) is 0 Å². The zero-order valence-electron chi connectivity index (χ0n) is 11.6. The molecule has 4 rings (SSSR count). The number of halogens is 3. The molecule has 0 bridgehead atoms. The third-order valence-corrected chi connectivity index (χ3v) is 4.62. The molecular formula is C17H13BrF2N2. The number of aromatic nitrogens is 1. The van der Waals surface area contributed by atoms with E-state index in [0.29, 0.717) is 5.56 Å². The van der Waals surface area contributed by atoms with E-state index in [1.165, 1.54) is 17.7 Å². The zero-order valence-corrected chi connectivity index (χ0v) is 13.2. The summed E-state index contributed by atoms with van der Waals surface area (Å²) in [5.74, 6) is -1.11. The van der Waals surface area contributed by atoms with Crippen molar-refractivity contribution >= 4 is 26.8 Å². The summed E-state index contributed by atoms with van der Waals surface area (Å²) in [5.41, 5.74) is 3.84. The average molecular weight is 363 g/mol. The lowest BCUT2D eigenvalue weighted by Gasteiger charge is -2.25. The molecule has 1 aliphatic heterocycles. The molecule has 0 radical (unpaired) electrons. The number of rotatable bonds is 1. The SMILES string of the molecule is Fc1cc(F)cc(C2NCCc3c2[nH]c2ccc(Br)cc32)c1. The van der Waals surface area contributed by atoms with E-state index in [4.69, 9.17) is 0 Å². The fourth-order valence-electron chi connectivity index (χ4n) is 3.23. The van der Waals surface area contributed by atoms with Gasteiger partial charge < -0.3 is 10.3 Å². The highest BCUT2D eigenvalue weighted by atomic mass is 79.9. The van der Waals surface area contributed by atoms with Gasteiger partial charge in [0.2, 0.25) is 0 Å². The van der Waals surface area contributed by atoms with Gasteiger partial charge in [-0.3, -0.25) is 0 Å². The van der Waals surface area contributed by atoms with Gasteiger partial charge >= 0.3 is 0 Å². The van der Waals surface area contributed by atoms with Crippen LogP contribution in [0.2, 0.25) is 0 Å². The van der Waals surface area contributed by atoms with Gasteiger partial charge in [-0.25, -0.2) is 8.78 Å². The Hall–Kier alpha value is -1.72. The quantitative estimate of drug-likeness (QED) is 0.657. The number of hydrogen-bond donors (Lipinski definition) is 2. The molecule has 2 aromatic carbocycles. The number of nitrogens with one attached hydrogen (secondary N) is 2. The van der Waals surface area contributed by atoms with E-state index in [-0.39, 0.29) is 6.04 Å². The Balaban J connectivity index is 1.90. The highest BCUT2D eigenvalue weighted by Gasteiger charge is 2.26. The molecule has 112 valence electrons. The van der Waals surface area contributed by atoms with Crippen molar-refractivity contribution in [2.24, 2.45) is 0 Å². The van der Waals surface area contributed by atoms with Crippen LogP contribution in [-0.2, 0) is 6.42 Å². The van der Waals surface area contributed by atoms with Crippen molar-refractivity contribution < 1.29 is 8.78 Å². The van der Waals surface area contributed by atoms with Crippen molar-refractivity contribution in [2.75, 3.05) is 6.54 Å². The molecule has 0 saturated heterocycles. The van der Waals surface area contributed by atoms with Gasteiger partial charge in [0, 0.05) is 33.7 Å². The number of fused-ring (bicyclic) bond motifs is 3. The Morgan fingerprint density at radius 1 is 1.05 bits per heavy atom. The molecule has 2 N–H and O–H groups in total. The molecule has 1 aromatic heterocycles. The number of hydrogen-bond acceptors (Lipinski definition) is 1. The largest absolute Gasteiger partial charge is 0.357 e. The molecule has 0 saturated carbocycles. The van der Waals surface area contributed by atoms with Gasteiger partial charge in [-0.1, -0.05) is 15.9 Å². The van der Waals surface area contributed by atoms with Crippen LogP contribution >= 0.6 is 15.9 Å². The molecule has 5 heteroatoms. The summed E-state index contributed by atoms with van der Waals surface area (Å²) in [6, 6.07) is 9.53. The van der Waals surface area contributed by atoms with Gasteiger partial charge in [-0.15, -0.1) is 0 Å². The predicted molar refractivity (Wildman–Crippen MR) is 85.9 cm³/mol. The zero-order chi connectivity index (χ0) is 15.3. The maximum atomic E-state index is 13.5. The lowest BCUT2D eigenvalue weighted by atomic mass is 9.94. The van der Waals surface area contributed by atoms with E-state index in [1.54, 1.807) is 0 Å². The molecule has 1 atom stereocenters. The maximum Gasteiger partial charge on any atom is 0.126 e. The minimum atomic E-state index is -0.553. The Morgan fingerprint density at radius 2 is 1.82 bits per heavy atom. The molecule has 0 spiro atoms. The van der Waals surface area contributed by atoms with Crippen LogP contribution in [-0.4, -0.2) is 11.5 Å². The summed E-state index contributed by atoms with van der Waals surface area (Å²) in [5, 5.41) is 4.51. The third kappa shape index (κ3) is 2.25. The lowest BCUT2D eigenvalue weighted by molar-refractivity contribution is 0.539. The van der Waals surface area contributed by atoms with Gasteiger partial charge in [-0.05, 0) is 47.9 Å². The Labute approximate surface area is 134 Å². The molecule has 0 aliphatic carbocycles. The van der Waals surface area contributed by atoms with Crippen LogP contribution in [0.15, 0.2) is 40.9 Å². The normalized spacial score (nSPS) is 17.7. The molecule has 2 heterocycles. The van der Waals surface area contributed by atoms with E-state index < -0.39 is 11.6 Å². The van der Waals surface area contributed by atoms with Crippen LogP contribution in [0.1, 0.15) is 22.9 Å². The van der Waals surface area contributed by atoms with Crippen molar-refractivity contribution in [3.8, 4) is 0 Å². The maximum absolute atomic E-state index is 13.5. The van der Waals surface area contributed by atoms with Crippen molar-refractivity contribution in [3.63, 3.8) is 0 Å². The van der Waals surface area contributed by atoms with E-state index in [9.17, 15) is 8.78 Å². The minimum Gasteiger partial charge on any atom is -0.357 e. The van der Waals surface area contributed by atoms with Crippen LogP contribution in [0.25, 0.3) is 10.9 Å². The van der Waals surface area contributed by atoms with Crippen molar-refractivity contribution in [1.82, 2.24) is 10.3 Å². The Kier molecular flexibility index (Phi) is 3.27. The standard InChI is InChI=1S/C17H13BrF2N2/c18-10-1-2-15-14(7-10)13-3-4-21-16(17(13)22-15)9-5-11(19)8-12(20)6-9/h1-2,5-8,16,21-22H,3-4H2. The first-order valence-corrected chi connectivity index (χ1v) is 7.90. The summed E-state index contributed by atoms with van der Waals surface area (Å²) in [6.45, 7) is 0.773. The first kappa shape index (κ1) is 13.9. The summed E-state index contributed by atoms with van der Waals surface area (Å²) in [6.07, 6.45) is 0.889. The predicted octanol–water partition coefficient (Wildman–Crippen LogP) is 4.44. The van der Waals surface area contributed by atoms with E-state index >= 15 is 0 Å². The van der Waals surface area contributed by atoms with E-state index in [0.717, 1.165) is 40.1 Å². The average Bonchev–Trinajstić information content (AvgIpc) is 2.84. The second kappa shape index (κ2) is 5.18. The molecule has 2 nitrogen and oxygen atoms in total. The molecule has 3 aromatic rings. The monoisotopic (exact) mass is 362 g/mol. The minimum absolute atomic E-state index is 0.222. The van der Waals surface area contributed by atoms with Crippen molar-refractivity contribution in [2.45, 2.75) is 12.5 Å². The molecule has 22 heavy (non-hydrogen) atoms. The van der Waals surface area contributed by atoms with Gasteiger partial charge in [0.05, 0.1) is 6.04 Å². The smallest absolute Gasteiger partial charge is 0.126 e. The highest BCUT2D eigenvalue weighted by Crippen LogP contribution is 2.34. The molecule has 0 amide bonds. The number of aromatic amines is 1. The Morgan fingerprint density at radius 3 is 2.59 bits per heavy atom. The lowest BCUT2D eigenvalue weighted by Crippen LogP contribution is -2.30. The number of H-pyrrole nitrogens is 1. The topological polar surface area (TPSA) is 27.8 Å². The second-order valence-corrected chi connectivity index (χ2v) is 6.46. The fourth-order valence-corrected chi connectivity index (χ4v) is 3.59. The highest BCUT2D eigenvalue weighted by molar-refractivity contribution is 9.10. The van der Waals surface area contributed by atoms with Crippen LogP contribution in [0.3, 0.4) is 0 Å². The van der Waals surface area contributed by atoms with Gasteiger partial charge in [0.1, 0.15) is 11.6 Å². The van der Waals surface area contributed by atoms with Crippen LogP contribution < -0.4 is 5.32 Å². The van der Waals surface area contributed by atoms with Gasteiger partial charge in [0.25, 0.3) is 0 Å². The second-order valence-electron chi connectivity index (χ2n) is 5.55. The number of benzene rings is 2. The van der Waals surface area contributed by atoms with Crippen LogP contribution in [0.5, 0.6) is 0 Å². The molecule has 1 aliphatic rings. The summed E-state index contributed by atoms with van der Waals surface area (Å²) < 4.78 is 28.1. The summed E-state index contributed by atoms with van der Waals surface area (Å²) in [7, 11) is 0. The Bertz CT molecular complexity index is 852. The molecule has 1 unspecified atom stereocenters. The first-order valence-electron chi connectivity index (χ1n) is 7.11. The van der Waals surface area contributed by atoms with Crippen molar-refractivity contribution in [1.29, 1.82) is 0 Å². The summed E-state index contributed by atoms with van der Waals surface area (Å²) in [4.78, 5) is 3.40. The first-order chi connectivity index (χ1) is 10.6. The summed E-state index contributed by atoms with van der Waals surface area (Å²) >= 11 is 3.50. The van der Waals surface area contributed by atoms with Crippen molar-refractivity contribution in [3.05, 3.63) is 69.3 Å². The fraction of sp³-hybridized carbons (Fsp3) is 0.176. The van der Waals surface area contributed by atoms with E-state index in [2.05, 4.69) is 32.3 Å². The molecular weight excluding hydrogens is 350 g/mol. The molecule has 0 fully saturated rings. The third-order valence-electron chi connectivity index (χ3n) is 4.13. The van der Waals surface area contributed by atoms with Gasteiger partial charge in [-0.2, -0.15) is 0 Å². The van der Waals surface area contributed by atoms with E-state index in [1.807, 2.05) is 12.1 Å². The van der Waals surface area contributed by atoms with Crippen LogP contribution in [0.4, 0.5) is 8.78 Å². The van der Waals surface area contributed by atoms with Crippen LogP contribution in [0, 0.1) is 11.6 Å².